The number of H-pyrrole nitrogens is 1. The van der Waals surface area contributed by atoms with E-state index in [1.807, 2.05) is 58.2 Å². The number of carbonyl (C=O) groups is 1. The molecule has 5 aromatic rings. The molecule has 0 atom stereocenters. The molecule has 0 bridgehead atoms. The monoisotopic (exact) mass is 529 g/mol. The molecule has 2 N–H and O–H groups in total. The lowest BCUT2D eigenvalue weighted by molar-refractivity contribution is 0.0714. The van der Waals surface area contributed by atoms with Crippen LogP contribution in [0.4, 0.5) is 5.82 Å². The fourth-order valence-electron chi connectivity index (χ4n) is 4.78. The molecular weight excluding hydrogens is 506 g/mol. The number of aromatic amines is 1. The van der Waals surface area contributed by atoms with Crippen LogP contribution >= 0.6 is 15.9 Å². The van der Waals surface area contributed by atoms with Gasteiger partial charge in [0.15, 0.2) is 5.65 Å². The van der Waals surface area contributed by atoms with Gasteiger partial charge in [0.25, 0.3) is 5.91 Å². The molecule has 0 aliphatic carbocycles. The average Bonchev–Trinajstić information content (AvgIpc) is 3.51. The molecule has 8 nitrogen and oxygen atoms in total. The second-order valence-electron chi connectivity index (χ2n) is 8.82. The molecule has 1 aliphatic rings. The predicted molar refractivity (Wildman–Crippen MR) is 138 cm³/mol. The van der Waals surface area contributed by atoms with Gasteiger partial charge in [-0.05, 0) is 46.5 Å². The number of halogens is 1. The van der Waals surface area contributed by atoms with E-state index in [4.69, 9.17) is 4.98 Å². The highest BCUT2D eigenvalue weighted by molar-refractivity contribution is 9.10. The number of piperidine rings is 1. The predicted octanol–water partition coefficient (Wildman–Crippen LogP) is 5.00. The van der Waals surface area contributed by atoms with Crippen LogP contribution in [0.1, 0.15) is 40.4 Å². The van der Waals surface area contributed by atoms with Crippen molar-refractivity contribution in [2.24, 2.45) is 0 Å². The maximum absolute atomic E-state index is 13.2. The van der Waals surface area contributed by atoms with Gasteiger partial charge in [0.2, 0.25) is 0 Å². The number of nitrogens with one attached hydrogen (secondary N) is 2. The summed E-state index contributed by atoms with van der Waals surface area (Å²) < 4.78 is 2.68. The Balaban J connectivity index is 1.21. The van der Waals surface area contributed by atoms with Gasteiger partial charge < -0.3 is 15.2 Å². The fourth-order valence-corrected chi connectivity index (χ4v) is 5.13. The minimum Gasteiger partial charge on any atom is -0.366 e. The number of amides is 1. The second kappa shape index (κ2) is 9.14. The summed E-state index contributed by atoms with van der Waals surface area (Å²) >= 11 is 3.59. The number of benzene rings is 1. The minimum absolute atomic E-state index is 0.0849. The number of para-hydroxylation sites is 1. The summed E-state index contributed by atoms with van der Waals surface area (Å²) in [5.74, 6) is 1.24. The topological polar surface area (TPSA) is 91.2 Å². The zero-order valence-corrected chi connectivity index (χ0v) is 20.6. The second-order valence-corrected chi connectivity index (χ2v) is 9.68. The lowest BCUT2D eigenvalue weighted by Crippen LogP contribution is -2.38. The molecule has 6 rings (SSSR count). The minimum atomic E-state index is 0.0849. The number of anilines is 1. The van der Waals surface area contributed by atoms with Crippen LogP contribution in [-0.2, 0) is 6.54 Å². The van der Waals surface area contributed by atoms with Gasteiger partial charge in [-0.15, -0.1) is 0 Å². The van der Waals surface area contributed by atoms with Crippen molar-refractivity contribution in [1.29, 1.82) is 0 Å². The summed E-state index contributed by atoms with van der Waals surface area (Å²) in [6.45, 7) is 2.05. The molecule has 0 saturated carbocycles. The van der Waals surface area contributed by atoms with Crippen LogP contribution in [0.2, 0.25) is 0 Å². The van der Waals surface area contributed by atoms with Crippen LogP contribution in [0.15, 0.2) is 71.7 Å². The zero-order valence-electron chi connectivity index (χ0n) is 19.0. The fraction of sp³-hybridized carbons (Fsp3) is 0.231. The van der Waals surface area contributed by atoms with Gasteiger partial charge >= 0.3 is 0 Å². The van der Waals surface area contributed by atoms with Gasteiger partial charge in [0.1, 0.15) is 5.82 Å². The summed E-state index contributed by atoms with van der Waals surface area (Å²) in [5.41, 5.74) is 4.62. The molecule has 1 fully saturated rings. The Morgan fingerprint density at radius 3 is 2.83 bits per heavy atom. The highest BCUT2D eigenvalue weighted by atomic mass is 79.9. The molecule has 176 valence electrons. The Morgan fingerprint density at radius 2 is 2.00 bits per heavy atom. The normalized spacial score (nSPS) is 14.6. The number of rotatable bonds is 5. The molecule has 5 heterocycles. The summed E-state index contributed by atoms with van der Waals surface area (Å²) in [6, 6.07) is 14.0. The Morgan fingerprint density at radius 1 is 1.14 bits per heavy atom. The first kappa shape index (κ1) is 21.8. The number of hydrogen-bond donors (Lipinski definition) is 2. The lowest BCUT2D eigenvalue weighted by atomic mass is 9.92. The average molecular weight is 530 g/mol. The number of pyridine rings is 1. The first-order valence-electron chi connectivity index (χ1n) is 11.7. The van der Waals surface area contributed by atoms with Crippen molar-refractivity contribution >= 4 is 44.2 Å². The molecule has 0 unspecified atom stereocenters. The van der Waals surface area contributed by atoms with Crippen molar-refractivity contribution in [3.8, 4) is 0 Å². The third-order valence-electron chi connectivity index (χ3n) is 6.67. The standard InChI is InChI=1S/C26H24BrN7O/c27-21-16-31-34-24(30-14-17-4-3-9-28-13-17)12-23(32-25(21)34)18-7-10-33(11-8-18)26(35)20-15-29-22-6-2-1-5-19(20)22/h1-6,9,12-13,15-16,18,29-30H,7-8,10-11,14H2. The van der Waals surface area contributed by atoms with Crippen molar-refractivity contribution < 1.29 is 4.79 Å². The van der Waals surface area contributed by atoms with Gasteiger partial charge in [-0.2, -0.15) is 9.61 Å². The molecule has 1 aromatic carbocycles. The number of fused-ring (bicyclic) bond motifs is 2. The van der Waals surface area contributed by atoms with Gasteiger partial charge in [0.05, 0.1) is 16.2 Å². The summed E-state index contributed by atoms with van der Waals surface area (Å²) in [6.07, 6.45) is 8.95. The third-order valence-corrected chi connectivity index (χ3v) is 7.22. The number of hydrogen-bond acceptors (Lipinski definition) is 5. The smallest absolute Gasteiger partial charge is 0.256 e. The quantitative estimate of drug-likeness (QED) is 0.334. The highest BCUT2D eigenvalue weighted by Gasteiger charge is 2.27. The molecule has 0 spiro atoms. The molecule has 1 aliphatic heterocycles. The first-order valence-corrected chi connectivity index (χ1v) is 12.5. The maximum Gasteiger partial charge on any atom is 0.256 e. The molecular formula is C26H24BrN7O. The van der Waals surface area contributed by atoms with E-state index in [9.17, 15) is 4.79 Å². The SMILES string of the molecule is O=C(c1c[nH]c2ccccc12)N1CCC(c2cc(NCc3cccnc3)n3ncc(Br)c3n2)CC1. The molecule has 1 saturated heterocycles. The van der Waals surface area contributed by atoms with E-state index >= 15 is 0 Å². The van der Waals surface area contributed by atoms with E-state index < -0.39 is 0 Å². The van der Waals surface area contributed by atoms with E-state index in [1.54, 1.807) is 12.4 Å². The van der Waals surface area contributed by atoms with Crippen LogP contribution in [0.3, 0.4) is 0 Å². The lowest BCUT2D eigenvalue weighted by Gasteiger charge is -2.32. The number of carbonyl (C=O) groups excluding carboxylic acids is 1. The van der Waals surface area contributed by atoms with Crippen LogP contribution in [0.25, 0.3) is 16.6 Å². The number of aromatic nitrogens is 5. The maximum atomic E-state index is 13.2. The molecule has 4 aromatic heterocycles. The Hall–Kier alpha value is -3.72. The Bertz CT molecular complexity index is 1500. The van der Waals surface area contributed by atoms with E-state index in [-0.39, 0.29) is 11.8 Å². The molecule has 35 heavy (non-hydrogen) atoms. The largest absolute Gasteiger partial charge is 0.366 e. The van der Waals surface area contributed by atoms with E-state index in [1.165, 1.54) is 0 Å². The molecule has 1 amide bonds. The van der Waals surface area contributed by atoms with Crippen molar-refractivity contribution in [3.05, 3.63) is 88.5 Å². The zero-order chi connectivity index (χ0) is 23.8. The molecule has 0 radical (unpaired) electrons. The number of nitrogens with zero attached hydrogens (tertiary/aromatic N) is 5. The Labute approximate surface area is 210 Å². The van der Waals surface area contributed by atoms with Gasteiger partial charge in [-0.3, -0.25) is 9.78 Å². The van der Waals surface area contributed by atoms with Crippen LogP contribution < -0.4 is 5.32 Å². The van der Waals surface area contributed by atoms with E-state index in [2.05, 4.69) is 42.4 Å². The highest BCUT2D eigenvalue weighted by Crippen LogP contribution is 2.31. The summed E-state index contributed by atoms with van der Waals surface area (Å²) in [5, 5.41) is 8.94. The van der Waals surface area contributed by atoms with Gasteiger partial charge in [-0.25, -0.2) is 4.98 Å². The van der Waals surface area contributed by atoms with Crippen molar-refractivity contribution in [1.82, 2.24) is 29.5 Å². The summed E-state index contributed by atoms with van der Waals surface area (Å²) in [4.78, 5) is 27.5. The van der Waals surface area contributed by atoms with E-state index in [0.717, 1.165) is 56.5 Å². The summed E-state index contributed by atoms with van der Waals surface area (Å²) in [7, 11) is 0. The van der Waals surface area contributed by atoms with Gasteiger partial charge in [0, 0.05) is 66.8 Å². The number of likely N-dealkylation sites (tertiary alicyclic amines) is 1. The van der Waals surface area contributed by atoms with Crippen LogP contribution in [0.5, 0.6) is 0 Å². The van der Waals surface area contributed by atoms with Crippen molar-refractivity contribution in [3.63, 3.8) is 0 Å². The van der Waals surface area contributed by atoms with Crippen molar-refractivity contribution in [2.45, 2.75) is 25.3 Å². The van der Waals surface area contributed by atoms with Crippen LogP contribution in [0, 0.1) is 0 Å². The van der Waals surface area contributed by atoms with Crippen LogP contribution in [-0.4, -0.2) is 48.5 Å². The van der Waals surface area contributed by atoms with Gasteiger partial charge in [-0.1, -0.05) is 24.3 Å². The van der Waals surface area contributed by atoms with E-state index in [0.29, 0.717) is 19.6 Å². The third kappa shape index (κ3) is 4.16. The Kier molecular flexibility index (Phi) is 5.69. The molecule has 9 heteroatoms. The first-order chi connectivity index (χ1) is 17.2. The van der Waals surface area contributed by atoms with Crippen molar-refractivity contribution in [2.75, 3.05) is 18.4 Å².